The van der Waals surface area contributed by atoms with E-state index in [0.717, 1.165) is 55.3 Å². The molecule has 0 bridgehead atoms. The molecule has 1 aliphatic rings. The van der Waals surface area contributed by atoms with Crippen molar-refractivity contribution in [3.63, 3.8) is 0 Å². The number of alkyl halides is 1. The zero-order valence-electron chi connectivity index (χ0n) is 12.3. The van der Waals surface area contributed by atoms with Gasteiger partial charge in [-0.05, 0) is 25.2 Å². The van der Waals surface area contributed by atoms with E-state index in [2.05, 4.69) is 21.6 Å². The second-order valence-corrected chi connectivity index (χ2v) is 6.32. The quantitative estimate of drug-likeness (QED) is 0.818. The number of aromatic nitrogens is 4. The van der Waals surface area contributed by atoms with Crippen molar-refractivity contribution in [2.75, 3.05) is 13.2 Å². The molecule has 2 aromatic heterocycles. The molecule has 2 aromatic rings. The molecule has 0 spiro atoms. The Labute approximate surface area is 123 Å². The molecule has 0 radical (unpaired) electrons. The summed E-state index contributed by atoms with van der Waals surface area (Å²) in [6.07, 6.45) is 2.15. The van der Waals surface area contributed by atoms with Crippen LogP contribution in [0.5, 0.6) is 0 Å². The Morgan fingerprint density at radius 1 is 1.35 bits per heavy atom. The Morgan fingerprint density at radius 2 is 2.05 bits per heavy atom. The fraction of sp³-hybridized carbons (Fsp3) is 0.714. The van der Waals surface area contributed by atoms with Gasteiger partial charge in [-0.15, -0.1) is 11.6 Å². The number of halogens is 1. The van der Waals surface area contributed by atoms with Gasteiger partial charge in [-0.3, -0.25) is 4.68 Å². The van der Waals surface area contributed by atoms with E-state index >= 15 is 0 Å². The van der Waals surface area contributed by atoms with Gasteiger partial charge >= 0.3 is 0 Å². The molecule has 0 atom stereocenters. The van der Waals surface area contributed by atoms with Crippen molar-refractivity contribution in [2.24, 2.45) is 12.5 Å². The standard InChI is InChI=1S/C14H21ClN4O/c1-10-12-13(18(3)17-10)19(11(8-15)16-12)9-14(2)4-6-20-7-5-14/h4-9H2,1-3H3. The summed E-state index contributed by atoms with van der Waals surface area (Å²) in [4.78, 5) is 4.66. The summed E-state index contributed by atoms with van der Waals surface area (Å²) in [6.45, 7) is 6.92. The van der Waals surface area contributed by atoms with Crippen LogP contribution < -0.4 is 0 Å². The minimum Gasteiger partial charge on any atom is -0.381 e. The van der Waals surface area contributed by atoms with Gasteiger partial charge in [0.1, 0.15) is 11.3 Å². The number of nitrogens with zero attached hydrogens (tertiary/aromatic N) is 4. The minimum atomic E-state index is 0.241. The number of rotatable bonds is 3. The Morgan fingerprint density at radius 3 is 2.70 bits per heavy atom. The maximum atomic E-state index is 6.09. The van der Waals surface area contributed by atoms with Crippen molar-refractivity contribution in [3.8, 4) is 0 Å². The molecule has 0 saturated carbocycles. The van der Waals surface area contributed by atoms with Gasteiger partial charge in [0.25, 0.3) is 0 Å². The molecule has 0 unspecified atom stereocenters. The van der Waals surface area contributed by atoms with Gasteiger partial charge in [0.2, 0.25) is 0 Å². The number of imidazole rings is 1. The normalized spacial score (nSPS) is 18.8. The molecule has 20 heavy (non-hydrogen) atoms. The second kappa shape index (κ2) is 5.04. The Balaban J connectivity index is 2.05. The lowest BCUT2D eigenvalue weighted by atomic mass is 9.82. The van der Waals surface area contributed by atoms with Crippen LogP contribution in [0.2, 0.25) is 0 Å². The van der Waals surface area contributed by atoms with Gasteiger partial charge < -0.3 is 9.30 Å². The van der Waals surface area contributed by atoms with E-state index < -0.39 is 0 Å². The van der Waals surface area contributed by atoms with Gasteiger partial charge in [-0.1, -0.05) is 6.92 Å². The molecular weight excluding hydrogens is 276 g/mol. The van der Waals surface area contributed by atoms with E-state index in [1.54, 1.807) is 0 Å². The molecule has 3 rings (SSSR count). The van der Waals surface area contributed by atoms with E-state index in [-0.39, 0.29) is 5.41 Å². The molecular formula is C14H21ClN4O. The fourth-order valence-electron chi connectivity index (χ4n) is 3.05. The monoisotopic (exact) mass is 296 g/mol. The SMILES string of the molecule is Cc1nn(C)c2c1nc(CCl)n2CC1(C)CCOCC1. The molecule has 110 valence electrons. The minimum absolute atomic E-state index is 0.241. The highest BCUT2D eigenvalue weighted by Crippen LogP contribution is 2.34. The predicted molar refractivity (Wildman–Crippen MR) is 79.0 cm³/mol. The van der Waals surface area contributed by atoms with Crippen LogP contribution in [0, 0.1) is 12.3 Å². The van der Waals surface area contributed by atoms with Gasteiger partial charge in [0.05, 0.1) is 11.6 Å². The summed E-state index contributed by atoms with van der Waals surface area (Å²) in [5, 5.41) is 4.47. The molecule has 0 aliphatic carbocycles. The lowest BCUT2D eigenvalue weighted by molar-refractivity contribution is 0.0156. The van der Waals surface area contributed by atoms with Gasteiger partial charge in [-0.2, -0.15) is 5.10 Å². The molecule has 5 nitrogen and oxygen atoms in total. The number of fused-ring (bicyclic) bond motifs is 1. The van der Waals surface area contributed by atoms with Gasteiger partial charge in [0.15, 0.2) is 5.65 Å². The zero-order chi connectivity index (χ0) is 14.3. The lowest BCUT2D eigenvalue weighted by Gasteiger charge is -2.34. The van der Waals surface area contributed by atoms with Crippen molar-refractivity contribution in [1.82, 2.24) is 19.3 Å². The van der Waals surface area contributed by atoms with Crippen LogP contribution in [0.3, 0.4) is 0 Å². The summed E-state index contributed by atoms with van der Waals surface area (Å²) >= 11 is 6.09. The first-order valence-corrected chi connectivity index (χ1v) is 7.60. The number of aryl methyl sites for hydroxylation is 2. The predicted octanol–water partition coefficient (Wildman–Crippen LogP) is 2.63. The van der Waals surface area contributed by atoms with Crippen LogP contribution >= 0.6 is 11.6 Å². The molecule has 1 fully saturated rings. The van der Waals surface area contributed by atoms with Crippen LogP contribution in [0.1, 0.15) is 31.3 Å². The second-order valence-electron chi connectivity index (χ2n) is 6.05. The highest BCUT2D eigenvalue weighted by atomic mass is 35.5. The first kappa shape index (κ1) is 13.9. The van der Waals surface area contributed by atoms with Crippen LogP contribution in [-0.2, 0) is 24.2 Å². The summed E-state index contributed by atoms with van der Waals surface area (Å²) in [5.41, 5.74) is 3.25. The van der Waals surface area contributed by atoms with Crippen LogP contribution in [0.15, 0.2) is 0 Å². The molecule has 3 heterocycles. The summed E-state index contributed by atoms with van der Waals surface area (Å²) in [5.74, 6) is 1.37. The summed E-state index contributed by atoms with van der Waals surface area (Å²) in [7, 11) is 1.97. The number of ether oxygens (including phenoxy) is 1. The largest absolute Gasteiger partial charge is 0.381 e. The molecule has 0 aromatic carbocycles. The average molecular weight is 297 g/mol. The Kier molecular flexibility index (Phi) is 3.50. The Hall–Kier alpha value is -1.07. The summed E-state index contributed by atoms with van der Waals surface area (Å²) < 4.78 is 9.64. The number of hydrogen-bond donors (Lipinski definition) is 0. The maximum absolute atomic E-state index is 6.09. The van der Waals surface area contributed by atoms with Crippen molar-refractivity contribution < 1.29 is 4.74 Å². The van der Waals surface area contributed by atoms with E-state index in [0.29, 0.717) is 5.88 Å². The highest BCUT2D eigenvalue weighted by molar-refractivity contribution is 6.16. The lowest BCUT2D eigenvalue weighted by Crippen LogP contribution is -2.31. The molecule has 1 aliphatic heterocycles. The fourth-order valence-corrected chi connectivity index (χ4v) is 3.26. The zero-order valence-corrected chi connectivity index (χ0v) is 13.1. The molecule has 0 amide bonds. The van der Waals surface area contributed by atoms with Crippen molar-refractivity contribution in [3.05, 3.63) is 11.5 Å². The third kappa shape index (κ3) is 2.23. The van der Waals surface area contributed by atoms with Crippen molar-refractivity contribution >= 4 is 22.8 Å². The third-order valence-electron chi connectivity index (χ3n) is 4.33. The van der Waals surface area contributed by atoms with Crippen molar-refractivity contribution in [1.29, 1.82) is 0 Å². The van der Waals surface area contributed by atoms with Crippen LogP contribution in [0.25, 0.3) is 11.2 Å². The molecule has 6 heteroatoms. The Bertz CT molecular complexity index is 625. The van der Waals surface area contributed by atoms with E-state index in [4.69, 9.17) is 16.3 Å². The third-order valence-corrected chi connectivity index (χ3v) is 4.57. The van der Waals surface area contributed by atoms with Crippen molar-refractivity contribution in [2.45, 2.75) is 39.1 Å². The number of hydrogen-bond acceptors (Lipinski definition) is 3. The highest BCUT2D eigenvalue weighted by Gasteiger charge is 2.30. The molecule has 1 saturated heterocycles. The van der Waals surface area contributed by atoms with Crippen LogP contribution in [-0.4, -0.2) is 32.5 Å². The first-order valence-electron chi connectivity index (χ1n) is 7.06. The maximum Gasteiger partial charge on any atom is 0.158 e. The van der Waals surface area contributed by atoms with Crippen LogP contribution in [0.4, 0.5) is 0 Å². The average Bonchev–Trinajstić information content (AvgIpc) is 2.90. The summed E-state index contributed by atoms with van der Waals surface area (Å²) in [6, 6.07) is 0. The van der Waals surface area contributed by atoms with E-state index in [1.165, 1.54) is 0 Å². The first-order chi connectivity index (χ1) is 9.54. The van der Waals surface area contributed by atoms with Gasteiger partial charge in [-0.25, -0.2) is 4.98 Å². The smallest absolute Gasteiger partial charge is 0.158 e. The van der Waals surface area contributed by atoms with Gasteiger partial charge in [0, 0.05) is 26.8 Å². The van der Waals surface area contributed by atoms with E-state index in [1.807, 2.05) is 18.7 Å². The topological polar surface area (TPSA) is 44.9 Å². The van der Waals surface area contributed by atoms with E-state index in [9.17, 15) is 0 Å². The molecule has 0 N–H and O–H groups in total.